The summed E-state index contributed by atoms with van der Waals surface area (Å²) in [4.78, 5) is 26.2. The first-order valence-electron chi connectivity index (χ1n) is 8.58. The molecule has 3 aliphatic rings. The highest BCUT2D eigenvalue weighted by atomic mass is 16.2. The predicted molar refractivity (Wildman–Crippen MR) is 87.0 cm³/mol. The third kappa shape index (κ3) is 2.80. The fourth-order valence-electron chi connectivity index (χ4n) is 3.99. The molecule has 1 aromatic rings. The Bertz CT molecular complexity index is 604. The van der Waals surface area contributed by atoms with Crippen LogP contribution >= 0.6 is 0 Å². The van der Waals surface area contributed by atoms with E-state index in [1.807, 2.05) is 23.1 Å². The summed E-state index contributed by atoms with van der Waals surface area (Å²) in [5.74, 6) is 0.347. The third-order valence-corrected chi connectivity index (χ3v) is 5.49. The van der Waals surface area contributed by atoms with E-state index in [0.29, 0.717) is 25.6 Å². The lowest BCUT2D eigenvalue weighted by atomic mass is 9.74. The van der Waals surface area contributed by atoms with Crippen molar-refractivity contribution in [3.05, 3.63) is 35.9 Å². The maximum atomic E-state index is 12.2. The standard InChI is InChI=1S/C18H23N3O2/c22-16-12-15(13-4-2-1-3-5-13)18(20-16)8-10-21(11-9-18)17(23)19-14-6-7-14/h1-5,14-15H,6-12H2,(H,19,23)(H,20,22)/t15-/m0/s1. The number of nitrogens with zero attached hydrogens (tertiary/aromatic N) is 1. The summed E-state index contributed by atoms with van der Waals surface area (Å²) in [6.07, 6.45) is 4.43. The molecule has 5 nitrogen and oxygen atoms in total. The molecule has 0 bridgehead atoms. The minimum atomic E-state index is -0.186. The summed E-state index contributed by atoms with van der Waals surface area (Å²) in [5, 5.41) is 6.29. The zero-order valence-electron chi connectivity index (χ0n) is 13.3. The second-order valence-corrected chi connectivity index (χ2v) is 7.08. The van der Waals surface area contributed by atoms with E-state index in [0.717, 1.165) is 25.7 Å². The molecule has 2 saturated heterocycles. The number of amides is 3. The van der Waals surface area contributed by atoms with E-state index >= 15 is 0 Å². The molecule has 0 aromatic heterocycles. The first-order chi connectivity index (χ1) is 11.2. The molecule has 3 amide bonds. The molecule has 1 atom stereocenters. The largest absolute Gasteiger partial charge is 0.350 e. The summed E-state index contributed by atoms with van der Waals surface area (Å²) >= 11 is 0. The molecular formula is C18H23N3O2. The molecule has 122 valence electrons. The molecule has 1 aliphatic carbocycles. The Kier molecular flexibility index (Phi) is 3.51. The fraction of sp³-hybridized carbons (Fsp3) is 0.556. The second kappa shape index (κ2) is 5.55. The van der Waals surface area contributed by atoms with Crippen molar-refractivity contribution in [3.8, 4) is 0 Å². The Morgan fingerprint density at radius 3 is 2.52 bits per heavy atom. The van der Waals surface area contributed by atoms with Crippen molar-refractivity contribution in [1.82, 2.24) is 15.5 Å². The van der Waals surface area contributed by atoms with Gasteiger partial charge in [-0.25, -0.2) is 4.79 Å². The summed E-state index contributed by atoms with van der Waals surface area (Å²) < 4.78 is 0. The third-order valence-electron chi connectivity index (χ3n) is 5.49. The number of carbonyl (C=O) groups excluding carboxylic acids is 2. The van der Waals surface area contributed by atoms with Crippen LogP contribution in [0.1, 0.15) is 43.6 Å². The molecule has 0 radical (unpaired) electrons. The molecule has 1 aromatic carbocycles. The number of urea groups is 1. The first kappa shape index (κ1) is 14.5. The molecule has 0 unspecified atom stereocenters. The van der Waals surface area contributed by atoms with Crippen molar-refractivity contribution in [1.29, 1.82) is 0 Å². The van der Waals surface area contributed by atoms with Gasteiger partial charge in [0.05, 0.1) is 5.54 Å². The lowest BCUT2D eigenvalue weighted by Crippen LogP contribution is -2.56. The van der Waals surface area contributed by atoms with Crippen molar-refractivity contribution >= 4 is 11.9 Å². The molecule has 23 heavy (non-hydrogen) atoms. The highest BCUT2D eigenvalue weighted by molar-refractivity contribution is 5.82. The molecule has 2 aliphatic heterocycles. The van der Waals surface area contributed by atoms with E-state index in [2.05, 4.69) is 22.8 Å². The number of piperidine rings is 1. The summed E-state index contributed by atoms with van der Waals surface area (Å²) in [7, 11) is 0. The summed E-state index contributed by atoms with van der Waals surface area (Å²) in [6, 6.07) is 10.7. The Labute approximate surface area is 136 Å². The minimum Gasteiger partial charge on any atom is -0.350 e. The lowest BCUT2D eigenvalue weighted by molar-refractivity contribution is -0.120. The zero-order chi connectivity index (χ0) is 15.9. The number of nitrogens with one attached hydrogen (secondary N) is 2. The van der Waals surface area contributed by atoms with Gasteiger partial charge in [-0.05, 0) is 31.2 Å². The monoisotopic (exact) mass is 313 g/mol. The lowest BCUT2D eigenvalue weighted by Gasteiger charge is -2.42. The second-order valence-electron chi connectivity index (χ2n) is 7.08. The van der Waals surface area contributed by atoms with Gasteiger partial charge in [-0.1, -0.05) is 30.3 Å². The van der Waals surface area contributed by atoms with E-state index in [9.17, 15) is 9.59 Å². The summed E-state index contributed by atoms with van der Waals surface area (Å²) in [5.41, 5.74) is 1.04. The van der Waals surface area contributed by atoms with Crippen molar-refractivity contribution in [2.75, 3.05) is 13.1 Å². The molecule has 4 rings (SSSR count). The van der Waals surface area contributed by atoms with Crippen molar-refractivity contribution in [2.24, 2.45) is 0 Å². The van der Waals surface area contributed by atoms with Crippen LogP contribution in [0.4, 0.5) is 4.79 Å². The Morgan fingerprint density at radius 1 is 1.17 bits per heavy atom. The molecule has 2 N–H and O–H groups in total. The van der Waals surface area contributed by atoms with Crippen LogP contribution in [-0.4, -0.2) is 41.5 Å². The molecule has 2 heterocycles. The van der Waals surface area contributed by atoms with Crippen LogP contribution in [0.25, 0.3) is 0 Å². The maximum absolute atomic E-state index is 12.2. The highest BCUT2D eigenvalue weighted by Gasteiger charge is 2.49. The maximum Gasteiger partial charge on any atom is 0.317 e. The van der Waals surface area contributed by atoms with Crippen LogP contribution in [0.5, 0.6) is 0 Å². The highest BCUT2D eigenvalue weighted by Crippen LogP contribution is 2.43. The van der Waals surface area contributed by atoms with Crippen LogP contribution in [0.3, 0.4) is 0 Å². The van der Waals surface area contributed by atoms with Gasteiger partial charge < -0.3 is 15.5 Å². The van der Waals surface area contributed by atoms with Gasteiger partial charge in [-0.3, -0.25) is 4.79 Å². The van der Waals surface area contributed by atoms with Crippen molar-refractivity contribution in [3.63, 3.8) is 0 Å². The van der Waals surface area contributed by atoms with Gasteiger partial charge in [0.15, 0.2) is 0 Å². The van der Waals surface area contributed by atoms with Crippen molar-refractivity contribution < 1.29 is 9.59 Å². The predicted octanol–water partition coefficient (Wildman–Crippen LogP) is 2.00. The first-order valence-corrected chi connectivity index (χ1v) is 8.58. The molecule has 3 fully saturated rings. The number of benzene rings is 1. The van der Waals surface area contributed by atoms with Crippen LogP contribution in [0, 0.1) is 0 Å². The normalized spacial score (nSPS) is 26.2. The Balaban J connectivity index is 1.47. The minimum absolute atomic E-state index is 0.0583. The number of rotatable bonds is 2. The molecule has 5 heteroatoms. The zero-order valence-corrected chi connectivity index (χ0v) is 13.3. The molecular weight excluding hydrogens is 290 g/mol. The number of likely N-dealkylation sites (tertiary alicyclic amines) is 1. The Hall–Kier alpha value is -2.04. The van der Waals surface area contributed by atoms with Gasteiger partial charge in [0, 0.05) is 31.5 Å². The van der Waals surface area contributed by atoms with Gasteiger partial charge in [-0.2, -0.15) is 0 Å². The number of hydrogen-bond donors (Lipinski definition) is 2. The average Bonchev–Trinajstić information content (AvgIpc) is 3.32. The van der Waals surface area contributed by atoms with Gasteiger partial charge >= 0.3 is 6.03 Å². The average molecular weight is 313 g/mol. The van der Waals surface area contributed by atoms with Crippen LogP contribution in [-0.2, 0) is 4.79 Å². The van der Waals surface area contributed by atoms with E-state index in [4.69, 9.17) is 0 Å². The number of carbonyl (C=O) groups is 2. The quantitative estimate of drug-likeness (QED) is 0.877. The SMILES string of the molecule is O=C1C[C@@H](c2ccccc2)C2(CCN(C(=O)NC3CC3)CC2)N1. The van der Waals surface area contributed by atoms with Gasteiger partial charge in [0.1, 0.15) is 0 Å². The molecule has 1 spiro atoms. The smallest absolute Gasteiger partial charge is 0.317 e. The van der Waals surface area contributed by atoms with Gasteiger partial charge in [-0.15, -0.1) is 0 Å². The fourth-order valence-corrected chi connectivity index (χ4v) is 3.99. The van der Waals surface area contributed by atoms with E-state index in [1.165, 1.54) is 5.56 Å². The topological polar surface area (TPSA) is 61.4 Å². The van der Waals surface area contributed by atoms with E-state index in [1.54, 1.807) is 0 Å². The van der Waals surface area contributed by atoms with E-state index in [-0.39, 0.29) is 23.4 Å². The van der Waals surface area contributed by atoms with E-state index < -0.39 is 0 Å². The van der Waals surface area contributed by atoms with Crippen LogP contribution in [0.15, 0.2) is 30.3 Å². The Morgan fingerprint density at radius 2 is 1.87 bits per heavy atom. The van der Waals surface area contributed by atoms with Gasteiger partial charge in [0.25, 0.3) is 0 Å². The van der Waals surface area contributed by atoms with Crippen LogP contribution in [0.2, 0.25) is 0 Å². The summed E-state index contributed by atoms with van der Waals surface area (Å²) in [6.45, 7) is 1.42. The van der Waals surface area contributed by atoms with Crippen LogP contribution < -0.4 is 10.6 Å². The molecule has 1 saturated carbocycles. The van der Waals surface area contributed by atoms with Gasteiger partial charge in [0.2, 0.25) is 5.91 Å². The number of hydrogen-bond acceptors (Lipinski definition) is 2. The van der Waals surface area contributed by atoms with Crippen molar-refractivity contribution in [2.45, 2.75) is 49.6 Å².